The first-order chi connectivity index (χ1) is 10.5. The molecule has 0 amide bonds. The van der Waals surface area contributed by atoms with Gasteiger partial charge >= 0.3 is 0 Å². The molecule has 0 aliphatic carbocycles. The maximum absolute atomic E-state index is 12.4. The summed E-state index contributed by atoms with van der Waals surface area (Å²) in [5.41, 5.74) is 1.04. The lowest BCUT2D eigenvalue weighted by Crippen LogP contribution is -2.27. The van der Waals surface area contributed by atoms with Gasteiger partial charge in [-0.25, -0.2) is 13.1 Å². The number of benzene rings is 2. The van der Waals surface area contributed by atoms with E-state index in [1.165, 1.54) is 19.2 Å². The zero-order valence-electron chi connectivity index (χ0n) is 12.3. The summed E-state index contributed by atoms with van der Waals surface area (Å²) in [6.45, 7) is 1.74. The van der Waals surface area contributed by atoms with Gasteiger partial charge in [0.1, 0.15) is 5.75 Å². The first-order valence-electron chi connectivity index (χ1n) is 6.63. The molecular formula is C16H16N2O3S. The van der Waals surface area contributed by atoms with Gasteiger partial charge in [0.25, 0.3) is 0 Å². The molecule has 0 spiro atoms. The summed E-state index contributed by atoms with van der Waals surface area (Å²) < 4.78 is 32.7. The van der Waals surface area contributed by atoms with Crippen LogP contribution in [0.5, 0.6) is 5.75 Å². The van der Waals surface area contributed by atoms with Crippen LogP contribution >= 0.6 is 0 Å². The highest BCUT2D eigenvalue weighted by molar-refractivity contribution is 7.89. The van der Waals surface area contributed by atoms with Crippen LogP contribution in [0.25, 0.3) is 0 Å². The number of nitriles is 1. The van der Waals surface area contributed by atoms with Crippen molar-refractivity contribution in [1.82, 2.24) is 4.72 Å². The van der Waals surface area contributed by atoms with Crippen LogP contribution in [0, 0.1) is 11.3 Å². The normalized spacial score (nSPS) is 12.4. The molecule has 0 saturated heterocycles. The maximum atomic E-state index is 12.4. The molecule has 1 unspecified atom stereocenters. The Labute approximate surface area is 130 Å². The molecule has 114 valence electrons. The second-order valence-corrected chi connectivity index (χ2v) is 6.44. The predicted octanol–water partition coefficient (Wildman–Crippen LogP) is 2.61. The molecule has 2 aromatic carbocycles. The second kappa shape index (κ2) is 6.60. The largest absolute Gasteiger partial charge is 0.496 e. The van der Waals surface area contributed by atoms with Crippen LogP contribution in [-0.2, 0) is 10.0 Å². The van der Waals surface area contributed by atoms with E-state index in [4.69, 9.17) is 10.00 Å². The van der Waals surface area contributed by atoms with Gasteiger partial charge in [-0.15, -0.1) is 0 Å². The minimum atomic E-state index is -3.72. The highest BCUT2D eigenvalue weighted by Crippen LogP contribution is 2.25. The number of nitrogens with one attached hydrogen (secondary N) is 1. The topological polar surface area (TPSA) is 79.2 Å². The van der Waals surface area contributed by atoms with Crippen LogP contribution in [0.4, 0.5) is 0 Å². The molecular weight excluding hydrogens is 300 g/mol. The Kier molecular flexibility index (Phi) is 4.81. The fourth-order valence-corrected chi connectivity index (χ4v) is 3.39. The summed E-state index contributed by atoms with van der Waals surface area (Å²) in [6.07, 6.45) is 0. The third kappa shape index (κ3) is 3.45. The van der Waals surface area contributed by atoms with Gasteiger partial charge in [0.15, 0.2) is 0 Å². The second-order valence-electron chi connectivity index (χ2n) is 4.72. The van der Waals surface area contributed by atoms with E-state index in [1.54, 1.807) is 31.2 Å². The van der Waals surface area contributed by atoms with Gasteiger partial charge in [0, 0.05) is 11.6 Å². The molecule has 0 fully saturated rings. The molecule has 5 nitrogen and oxygen atoms in total. The van der Waals surface area contributed by atoms with Crippen molar-refractivity contribution in [2.45, 2.75) is 17.9 Å². The number of ether oxygens (including phenoxy) is 1. The minimum absolute atomic E-state index is 0.0632. The number of methoxy groups -OCH3 is 1. The number of rotatable bonds is 5. The molecule has 2 aromatic rings. The highest BCUT2D eigenvalue weighted by Gasteiger charge is 2.20. The highest BCUT2D eigenvalue weighted by atomic mass is 32.2. The Bertz CT molecular complexity index is 810. The smallest absolute Gasteiger partial charge is 0.241 e. The van der Waals surface area contributed by atoms with Gasteiger partial charge in [-0.1, -0.05) is 24.3 Å². The van der Waals surface area contributed by atoms with Crippen molar-refractivity contribution < 1.29 is 13.2 Å². The van der Waals surface area contributed by atoms with Crippen LogP contribution < -0.4 is 9.46 Å². The van der Waals surface area contributed by atoms with E-state index >= 15 is 0 Å². The molecule has 6 heteroatoms. The van der Waals surface area contributed by atoms with Crippen LogP contribution in [0.2, 0.25) is 0 Å². The van der Waals surface area contributed by atoms with E-state index in [-0.39, 0.29) is 4.90 Å². The molecule has 0 saturated carbocycles. The Hall–Kier alpha value is -2.36. The number of para-hydroxylation sites is 1. The lowest BCUT2D eigenvalue weighted by molar-refractivity contribution is 0.405. The third-order valence-electron chi connectivity index (χ3n) is 3.21. The average molecular weight is 316 g/mol. The van der Waals surface area contributed by atoms with Gasteiger partial charge in [-0.3, -0.25) is 0 Å². The lowest BCUT2D eigenvalue weighted by atomic mass is 10.1. The molecule has 0 radical (unpaired) electrons. The fourth-order valence-electron chi connectivity index (χ4n) is 2.12. The van der Waals surface area contributed by atoms with E-state index in [9.17, 15) is 8.42 Å². The third-order valence-corrected chi connectivity index (χ3v) is 4.75. The van der Waals surface area contributed by atoms with Gasteiger partial charge < -0.3 is 4.74 Å². The quantitative estimate of drug-likeness (QED) is 0.919. The molecule has 0 aliphatic heterocycles. The van der Waals surface area contributed by atoms with Crippen molar-refractivity contribution in [3.05, 3.63) is 59.7 Å². The molecule has 0 heterocycles. The van der Waals surface area contributed by atoms with Gasteiger partial charge in [0.05, 0.1) is 23.6 Å². The van der Waals surface area contributed by atoms with Crippen molar-refractivity contribution in [2.24, 2.45) is 0 Å². The van der Waals surface area contributed by atoms with E-state index < -0.39 is 16.1 Å². The van der Waals surface area contributed by atoms with E-state index in [0.29, 0.717) is 11.3 Å². The monoisotopic (exact) mass is 316 g/mol. The molecule has 1 N–H and O–H groups in total. The summed E-state index contributed by atoms with van der Waals surface area (Å²) in [6, 6.07) is 14.6. The first kappa shape index (κ1) is 16.0. The van der Waals surface area contributed by atoms with Gasteiger partial charge in [0.2, 0.25) is 10.0 Å². The average Bonchev–Trinajstić information content (AvgIpc) is 2.54. The van der Waals surface area contributed by atoms with Crippen molar-refractivity contribution in [3.63, 3.8) is 0 Å². The van der Waals surface area contributed by atoms with Crippen LogP contribution in [0.15, 0.2) is 53.4 Å². The summed E-state index contributed by atoms with van der Waals surface area (Å²) in [5, 5.41) is 8.87. The Balaban J connectivity index is 2.30. The molecule has 2 rings (SSSR count). The molecule has 1 atom stereocenters. The Morgan fingerprint density at radius 2 is 1.91 bits per heavy atom. The van der Waals surface area contributed by atoms with Crippen molar-refractivity contribution in [3.8, 4) is 11.8 Å². The zero-order chi connectivity index (χ0) is 16.2. The number of sulfonamides is 1. The Morgan fingerprint density at radius 1 is 1.18 bits per heavy atom. The van der Waals surface area contributed by atoms with E-state index in [2.05, 4.69) is 4.72 Å². The van der Waals surface area contributed by atoms with E-state index in [0.717, 1.165) is 5.56 Å². The number of hydrogen-bond acceptors (Lipinski definition) is 4. The minimum Gasteiger partial charge on any atom is -0.496 e. The standard InChI is InChI=1S/C16H16N2O3S/c1-12(15-8-3-4-9-16(15)21-2)18-22(19,20)14-7-5-6-13(10-14)11-17/h3-10,12,18H,1-2H3. The van der Waals surface area contributed by atoms with Gasteiger partial charge in [-0.05, 0) is 31.2 Å². The van der Waals surface area contributed by atoms with Crippen LogP contribution in [0.1, 0.15) is 24.1 Å². The summed E-state index contributed by atoms with van der Waals surface area (Å²) in [4.78, 5) is 0.0632. The first-order valence-corrected chi connectivity index (χ1v) is 8.11. The SMILES string of the molecule is COc1ccccc1C(C)NS(=O)(=O)c1cccc(C#N)c1. The van der Waals surface area contributed by atoms with Gasteiger partial charge in [-0.2, -0.15) is 5.26 Å². The maximum Gasteiger partial charge on any atom is 0.241 e. The fraction of sp³-hybridized carbons (Fsp3) is 0.188. The number of hydrogen-bond donors (Lipinski definition) is 1. The van der Waals surface area contributed by atoms with Crippen molar-refractivity contribution >= 4 is 10.0 Å². The molecule has 0 aliphatic rings. The van der Waals surface area contributed by atoms with Crippen LogP contribution in [0.3, 0.4) is 0 Å². The molecule has 22 heavy (non-hydrogen) atoms. The van der Waals surface area contributed by atoms with Crippen molar-refractivity contribution in [1.29, 1.82) is 5.26 Å². The number of nitrogens with zero attached hydrogens (tertiary/aromatic N) is 1. The summed E-state index contributed by atoms with van der Waals surface area (Å²) in [5.74, 6) is 0.614. The predicted molar refractivity (Wildman–Crippen MR) is 82.9 cm³/mol. The van der Waals surface area contributed by atoms with Crippen molar-refractivity contribution in [2.75, 3.05) is 7.11 Å². The summed E-state index contributed by atoms with van der Waals surface area (Å²) in [7, 11) is -2.18. The molecule has 0 bridgehead atoms. The summed E-state index contributed by atoms with van der Waals surface area (Å²) >= 11 is 0. The molecule has 0 aromatic heterocycles. The van der Waals surface area contributed by atoms with Crippen LogP contribution in [-0.4, -0.2) is 15.5 Å². The zero-order valence-corrected chi connectivity index (χ0v) is 13.1. The lowest BCUT2D eigenvalue weighted by Gasteiger charge is -2.17. The van der Waals surface area contributed by atoms with E-state index in [1.807, 2.05) is 18.2 Å². The Morgan fingerprint density at radius 3 is 2.59 bits per heavy atom.